The third kappa shape index (κ3) is 3.56. The Bertz CT molecular complexity index is 153. The highest BCUT2D eigenvalue weighted by Gasteiger charge is 2.24. The number of rotatable bonds is 3. The van der Waals surface area contributed by atoms with Gasteiger partial charge in [-0.15, -0.1) is 0 Å². The van der Waals surface area contributed by atoms with E-state index in [0.29, 0.717) is 19.2 Å². The molecule has 1 heterocycles. The molecule has 1 rings (SSSR count). The summed E-state index contributed by atoms with van der Waals surface area (Å²) in [6, 6.07) is 0.420. The Morgan fingerprint density at radius 3 is 2.69 bits per heavy atom. The molecule has 1 unspecified atom stereocenters. The van der Waals surface area contributed by atoms with Gasteiger partial charge in [0.05, 0.1) is 12.7 Å². The minimum atomic E-state index is -2.25. The fourth-order valence-corrected chi connectivity index (χ4v) is 1.55. The summed E-state index contributed by atoms with van der Waals surface area (Å²) in [5.41, 5.74) is 0. The van der Waals surface area contributed by atoms with Crippen LogP contribution in [0.4, 0.5) is 8.78 Å². The van der Waals surface area contributed by atoms with Crippen LogP contribution in [-0.2, 0) is 4.74 Å². The van der Waals surface area contributed by atoms with Gasteiger partial charge in [-0.25, -0.2) is 8.78 Å². The number of hydrogen-bond acceptors (Lipinski definition) is 2. The maximum Gasteiger partial charge on any atom is 0.241 e. The van der Waals surface area contributed by atoms with E-state index in [1.807, 2.05) is 0 Å². The summed E-state index contributed by atoms with van der Waals surface area (Å²) in [5, 5.41) is 0. The highest BCUT2D eigenvalue weighted by Crippen LogP contribution is 2.14. The molecule has 0 aromatic rings. The van der Waals surface area contributed by atoms with Crippen LogP contribution in [0.1, 0.15) is 20.3 Å². The Labute approximate surface area is 77.9 Å². The number of hydrogen-bond donors (Lipinski definition) is 0. The second kappa shape index (κ2) is 4.86. The van der Waals surface area contributed by atoms with Crippen molar-refractivity contribution < 1.29 is 13.5 Å². The largest absolute Gasteiger partial charge is 0.375 e. The Kier molecular flexibility index (Phi) is 4.06. The zero-order chi connectivity index (χ0) is 9.84. The summed E-state index contributed by atoms with van der Waals surface area (Å²) < 4.78 is 29.3. The first-order valence-corrected chi connectivity index (χ1v) is 4.73. The molecule has 0 spiro atoms. The minimum Gasteiger partial charge on any atom is -0.375 e. The first-order valence-electron chi connectivity index (χ1n) is 4.73. The van der Waals surface area contributed by atoms with Crippen molar-refractivity contribution in [2.75, 3.05) is 19.7 Å². The second-order valence-electron chi connectivity index (χ2n) is 3.71. The van der Waals surface area contributed by atoms with Crippen LogP contribution in [0.3, 0.4) is 0 Å². The number of ether oxygens (including phenoxy) is 1. The third-order valence-electron chi connectivity index (χ3n) is 2.34. The molecule has 4 heteroatoms. The molecule has 2 nitrogen and oxygen atoms in total. The average Bonchev–Trinajstić information content (AvgIpc) is 2.03. The van der Waals surface area contributed by atoms with Gasteiger partial charge in [0, 0.05) is 25.6 Å². The van der Waals surface area contributed by atoms with E-state index in [1.54, 1.807) is 0 Å². The summed E-state index contributed by atoms with van der Waals surface area (Å²) in [6.45, 7) is 6.23. The van der Waals surface area contributed by atoms with E-state index >= 15 is 0 Å². The van der Waals surface area contributed by atoms with Crippen LogP contribution >= 0.6 is 0 Å². The zero-order valence-corrected chi connectivity index (χ0v) is 8.17. The first kappa shape index (κ1) is 10.9. The predicted molar refractivity (Wildman–Crippen MR) is 47.1 cm³/mol. The van der Waals surface area contributed by atoms with Crippen molar-refractivity contribution in [1.29, 1.82) is 0 Å². The molecule has 0 bridgehead atoms. The average molecular weight is 193 g/mol. The molecule has 0 aromatic carbocycles. The Morgan fingerprint density at radius 2 is 2.15 bits per heavy atom. The topological polar surface area (TPSA) is 12.5 Å². The van der Waals surface area contributed by atoms with Crippen molar-refractivity contribution >= 4 is 0 Å². The fourth-order valence-electron chi connectivity index (χ4n) is 1.55. The van der Waals surface area contributed by atoms with Crippen LogP contribution in [0.15, 0.2) is 0 Å². The lowest BCUT2D eigenvalue weighted by atomic mass is 10.2. The lowest BCUT2D eigenvalue weighted by Gasteiger charge is -2.35. The molecular formula is C9H17F2NO. The maximum atomic E-state index is 12.0. The monoisotopic (exact) mass is 193 g/mol. The van der Waals surface area contributed by atoms with E-state index in [9.17, 15) is 8.78 Å². The van der Waals surface area contributed by atoms with E-state index in [2.05, 4.69) is 18.7 Å². The van der Waals surface area contributed by atoms with Crippen molar-refractivity contribution in [2.45, 2.75) is 38.8 Å². The second-order valence-corrected chi connectivity index (χ2v) is 3.71. The number of morpholine rings is 1. The van der Waals surface area contributed by atoms with Gasteiger partial charge in [-0.1, -0.05) is 0 Å². The van der Waals surface area contributed by atoms with Crippen molar-refractivity contribution in [1.82, 2.24) is 4.90 Å². The summed E-state index contributed by atoms with van der Waals surface area (Å²) >= 11 is 0. The highest BCUT2D eigenvalue weighted by molar-refractivity contribution is 4.74. The lowest BCUT2D eigenvalue weighted by Crippen LogP contribution is -2.46. The van der Waals surface area contributed by atoms with Crippen molar-refractivity contribution in [3.8, 4) is 0 Å². The van der Waals surface area contributed by atoms with Gasteiger partial charge in [0.25, 0.3) is 0 Å². The molecule has 1 aliphatic heterocycles. The summed E-state index contributed by atoms with van der Waals surface area (Å²) in [5.74, 6) is 0. The molecule has 1 saturated heterocycles. The molecule has 0 N–H and O–H groups in total. The highest BCUT2D eigenvalue weighted by atomic mass is 19.3. The maximum absolute atomic E-state index is 12.0. The van der Waals surface area contributed by atoms with Gasteiger partial charge in [0.1, 0.15) is 0 Å². The molecule has 0 amide bonds. The molecule has 13 heavy (non-hydrogen) atoms. The van der Waals surface area contributed by atoms with Crippen LogP contribution in [0, 0.1) is 0 Å². The molecule has 78 valence electrons. The van der Waals surface area contributed by atoms with Crippen molar-refractivity contribution in [2.24, 2.45) is 0 Å². The van der Waals surface area contributed by atoms with E-state index in [1.165, 1.54) is 0 Å². The van der Waals surface area contributed by atoms with Gasteiger partial charge < -0.3 is 4.74 Å². The van der Waals surface area contributed by atoms with E-state index in [4.69, 9.17) is 4.74 Å². The van der Waals surface area contributed by atoms with Gasteiger partial charge in [0.2, 0.25) is 6.43 Å². The molecule has 1 fully saturated rings. The first-order chi connectivity index (χ1) is 6.09. The molecule has 0 saturated carbocycles. The van der Waals surface area contributed by atoms with Crippen LogP contribution < -0.4 is 0 Å². The SMILES string of the molecule is CC(C)N1CCOC(CC(F)F)C1. The number of nitrogens with zero attached hydrogens (tertiary/aromatic N) is 1. The predicted octanol–water partition coefficient (Wildman–Crippen LogP) is 1.75. The Hall–Kier alpha value is -0.220. The molecule has 1 aliphatic rings. The molecule has 0 aliphatic carbocycles. The third-order valence-corrected chi connectivity index (χ3v) is 2.34. The molecular weight excluding hydrogens is 176 g/mol. The quantitative estimate of drug-likeness (QED) is 0.677. The van der Waals surface area contributed by atoms with Gasteiger partial charge in [-0.05, 0) is 13.8 Å². The van der Waals surface area contributed by atoms with Gasteiger partial charge in [0.15, 0.2) is 0 Å². The van der Waals surface area contributed by atoms with Gasteiger partial charge >= 0.3 is 0 Å². The molecule has 0 aromatic heterocycles. The van der Waals surface area contributed by atoms with E-state index < -0.39 is 6.43 Å². The Balaban J connectivity index is 2.33. The summed E-state index contributed by atoms with van der Waals surface area (Å²) in [6.07, 6.45) is -2.67. The van der Waals surface area contributed by atoms with Crippen LogP contribution in [0.25, 0.3) is 0 Å². The summed E-state index contributed by atoms with van der Waals surface area (Å²) in [7, 11) is 0. The standard InChI is InChI=1S/C9H17F2NO/c1-7(2)12-3-4-13-8(6-12)5-9(10)11/h7-9H,3-6H2,1-2H3. The van der Waals surface area contributed by atoms with E-state index in [0.717, 1.165) is 6.54 Å². The normalized spacial score (nSPS) is 25.8. The fraction of sp³-hybridized carbons (Fsp3) is 1.00. The smallest absolute Gasteiger partial charge is 0.241 e. The molecule has 0 radical (unpaired) electrons. The Morgan fingerprint density at radius 1 is 1.46 bits per heavy atom. The van der Waals surface area contributed by atoms with Crippen molar-refractivity contribution in [3.05, 3.63) is 0 Å². The zero-order valence-electron chi connectivity index (χ0n) is 8.17. The van der Waals surface area contributed by atoms with E-state index in [-0.39, 0.29) is 12.5 Å². The number of halogens is 2. The van der Waals surface area contributed by atoms with Gasteiger partial charge in [-0.3, -0.25) is 4.90 Å². The van der Waals surface area contributed by atoms with Crippen LogP contribution in [0.2, 0.25) is 0 Å². The minimum absolute atomic E-state index is 0.136. The van der Waals surface area contributed by atoms with Crippen molar-refractivity contribution in [3.63, 3.8) is 0 Å². The number of alkyl halides is 2. The van der Waals surface area contributed by atoms with Crippen LogP contribution in [-0.4, -0.2) is 43.2 Å². The molecule has 1 atom stereocenters. The summed E-state index contributed by atoms with van der Waals surface area (Å²) in [4.78, 5) is 2.18. The van der Waals surface area contributed by atoms with Crippen LogP contribution in [0.5, 0.6) is 0 Å². The van der Waals surface area contributed by atoms with Gasteiger partial charge in [-0.2, -0.15) is 0 Å². The lowest BCUT2D eigenvalue weighted by molar-refractivity contribution is -0.0629.